The molecule has 0 N–H and O–H groups in total. The molecule has 0 radical (unpaired) electrons. The van der Waals surface area contributed by atoms with Gasteiger partial charge in [-0.1, -0.05) is 0 Å². The van der Waals surface area contributed by atoms with Gasteiger partial charge in [-0.05, 0) is 12.3 Å². The molecule has 1 aromatic rings. The standard InChI is InChI=1S/C13H18N4O2/c1-15-7-11(14-8-15)13(19)17-5-9-3-4-16(2)12(18)10(9)6-17/h7-10H,3-6H2,1-2H3/t9-,10+/m1/s1. The van der Waals surface area contributed by atoms with Gasteiger partial charge in [-0.2, -0.15) is 0 Å². The number of fused-ring (bicyclic) bond motifs is 1. The van der Waals surface area contributed by atoms with E-state index in [1.165, 1.54) is 0 Å². The summed E-state index contributed by atoms with van der Waals surface area (Å²) >= 11 is 0. The number of aromatic nitrogens is 2. The zero-order chi connectivity index (χ0) is 13.6. The Balaban J connectivity index is 1.75. The number of rotatable bonds is 1. The van der Waals surface area contributed by atoms with Crippen molar-refractivity contribution in [1.29, 1.82) is 0 Å². The number of nitrogens with zero attached hydrogens (tertiary/aromatic N) is 4. The van der Waals surface area contributed by atoms with Gasteiger partial charge in [-0.3, -0.25) is 9.59 Å². The van der Waals surface area contributed by atoms with Crippen LogP contribution in [-0.2, 0) is 11.8 Å². The molecule has 1 aromatic heterocycles. The molecule has 0 spiro atoms. The molecule has 2 fully saturated rings. The molecule has 102 valence electrons. The van der Waals surface area contributed by atoms with Crippen molar-refractivity contribution in [2.24, 2.45) is 18.9 Å². The number of imidazole rings is 1. The van der Waals surface area contributed by atoms with E-state index in [2.05, 4.69) is 4.98 Å². The first-order valence-electron chi connectivity index (χ1n) is 6.58. The van der Waals surface area contributed by atoms with Gasteiger partial charge < -0.3 is 14.4 Å². The van der Waals surface area contributed by atoms with Crippen molar-refractivity contribution in [3.63, 3.8) is 0 Å². The van der Waals surface area contributed by atoms with Crippen molar-refractivity contribution in [3.8, 4) is 0 Å². The number of likely N-dealkylation sites (tertiary alicyclic amines) is 2. The average Bonchev–Trinajstić information content (AvgIpc) is 2.99. The van der Waals surface area contributed by atoms with E-state index in [1.807, 2.05) is 14.1 Å². The number of aryl methyl sites for hydroxylation is 1. The first-order chi connectivity index (χ1) is 9.06. The molecule has 0 saturated carbocycles. The van der Waals surface area contributed by atoms with Crippen molar-refractivity contribution >= 4 is 11.8 Å². The third-order valence-electron chi connectivity index (χ3n) is 4.18. The van der Waals surface area contributed by atoms with Crippen LogP contribution in [0, 0.1) is 11.8 Å². The zero-order valence-electron chi connectivity index (χ0n) is 11.2. The first-order valence-corrected chi connectivity index (χ1v) is 6.58. The molecule has 0 bridgehead atoms. The number of piperidine rings is 1. The van der Waals surface area contributed by atoms with E-state index in [1.54, 1.807) is 26.9 Å². The molecular formula is C13H18N4O2. The normalized spacial score (nSPS) is 26.7. The predicted molar refractivity (Wildman–Crippen MR) is 68.3 cm³/mol. The lowest BCUT2D eigenvalue weighted by molar-refractivity contribution is -0.137. The number of hydrogen-bond donors (Lipinski definition) is 0. The van der Waals surface area contributed by atoms with Gasteiger partial charge in [0.05, 0.1) is 12.2 Å². The maximum absolute atomic E-state index is 12.3. The molecule has 0 aromatic carbocycles. The molecule has 0 aliphatic carbocycles. The fraction of sp³-hybridized carbons (Fsp3) is 0.615. The second kappa shape index (κ2) is 4.36. The van der Waals surface area contributed by atoms with Gasteiger partial charge in [0.15, 0.2) is 0 Å². The second-order valence-corrected chi connectivity index (χ2v) is 5.55. The maximum Gasteiger partial charge on any atom is 0.274 e. The summed E-state index contributed by atoms with van der Waals surface area (Å²) in [6.45, 7) is 2.01. The molecule has 2 atom stereocenters. The molecule has 2 aliphatic rings. The van der Waals surface area contributed by atoms with Gasteiger partial charge in [0.2, 0.25) is 5.91 Å². The van der Waals surface area contributed by atoms with Gasteiger partial charge in [-0.15, -0.1) is 0 Å². The van der Waals surface area contributed by atoms with Gasteiger partial charge in [0, 0.05) is 39.9 Å². The largest absolute Gasteiger partial charge is 0.345 e. The molecule has 0 unspecified atom stereocenters. The Bertz CT molecular complexity index is 524. The fourth-order valence-electron chi connectivity index (χ4n) is 3.05. The summed E-state index contributed by atoms with van der Waals surface area (Å²) in [4.78, 5) is 32.0. The van der Waals surface area contributed by atoms with Crippen molar-refractivity contribution in [3.05, 3.63) is 18.2 Å². The predicted octanol–water partition coefficient (Wildman–Crippen LogP) is -0.0296. The summed E-state index contributed by atoms with van der Waals surface area (Å²) in [6.07, 6.45) is 4.33. The van der Waals surface area contributed by atoms with Crippen LogP contribution in [0.2, 0.25) is 0 Å². The Morgan fingerprint density at radius 2 is 2.16 bits per heavy atom. The highest BCUT2D eigenvalue weighted by atomic mass is 16.2. The summed E-state index contributed by atoms with van der Waals surface area (Å²) in [5.41, 5.74) is 0.460. The summed E-state index contributed by atoms with van der Waals surface area (Å²) in [6, 6.07) is 0. The molecule has 2 aliphatic heterocycles. The summed E-state index contributed by atoms with van der Waals surface area (Å²) < 4.78 is 1.76. The molecule has 6 nitrogen and oxygen atoms in total. The highest BCUT2D eigenvalue weighted by Gasteiger charge is 2.43. The van der Waals surface area contributed by atoms with E-state index in [9.17, 15) is 9.59 Å². The fourth-order valence-corrected chi connectivity index (χ4v) is 3.05. The molecule has 3 heterocycles. The molecule has 2 amide bonds. The quantitative estimate of drug-likeness (QED) is 0.714. The van der Waals surface area contributed by atoms with Gasteiger partial charge in [-0.25, -0.2) is 4.98 Å². The topological polar surface area (TPSA) is 58.4 Å². The van der Waals surface area contributed by atoms with Crippen LogP contribution in [0.25, 0.3) is 0 Å². The maximum atomic E-state index is 12.3. The lowest BCUT2D eigenvalue weighted by Gasteiger charge is -2.30. The summed E-state index contributed by atoms with van der Waals surface area (Å²) in [5, 5.41) is 0. The van der Waals surface area contributed by atoms with Gasteiger partial charge in [0.1, 0.15) is 5.69 Å². The number of carbonyl (C=O) groups excluding carboxylic acids is 2. The summed E-state index contributed by atoms with van der Waals surface area (Å²) in [5.74, 6) is 0.404. The smallest absolute Gasteiger partial charge is 0.274 e. The van der Waals surface area contributed by atoms with E-state index >= 15 is 0 Å². The average molecular weight is 262 g/mol. The third kappa shape index (κ3) is 2.01. The van der Waals surface area contributed by atoms with Crippen LogP contribution in [0.1, 0.15) is 16.9 Å². The van der Waals surface area contributed by atoms with Crippen LogP contribution in [0.15, 0.2) is 12.5 Å². The minimum absolute atomic E-state index is 0.0218. The van der Waals surface area contributed by atoms with Crippen molar-refractivity contribution in [2.45, 2.75) is 6.42 Å². The zero-order valence-corrected chi connectivity index (χ0v) is 11.2. The van der Waals surface area contributed by atoms with Crippen molar-refractivity contribution in [2.75, 3.05) is 26.7 Å². The second-order valence-electron chi connectivity index (χ2n) is 5.55. The van der Waals surface area contributed by atoms with E-state index in [4.69, 9.17) is 0 Å². The van der Waals surface area contributed by atoms with E-state index < -0.39 is 0 Å². The van der Waals surface area contributed by atoms with Crippen LogP contribution >= 0.6 is 0 Å². The van der Waals surface area contributed by atoms with Crippen LogP contribution in [0.4, 0.5) is 0 Å². The monoisotopic (exact) mass is 262 g/mol. The number of hydrogen-bond acceptors (Lipinski definition) is 3. The lowest BCUT2D eigenvalue weighted by atomic mass is 9.88. The van der Waals surface area contributed by atoms with E-state index in [0.29, 0.717) is 24.7 Å². The van der Waals surface area contributed by atoms with E-state index in [-0.39, 0.29) is 17.7 Å². The Morgan fingerprint density at radius 1 is 1.37 bits per heavy atom. The number of amides is 2. The Morgan fingerprint density at radius 3 is 2.84 bits per heavy atom. The van der Waals surface area contributed by atoms with Crippen LogP contribution in [0.5, 0.6) is 0 Å². The number of carbonyl (C=O) groups is 2. The molecule has 19 heavy (non-hydrogen) atoms. The molecule has 3 rings (SSSR count). The highest BCUT2D eigenvalue weighted by Crippen LogP contribution is 2.32. The van der Waals surface area contributed by atoms with Crippen molar-refractivity contribution < 1.29 is 9.59 Å². The SMILES string of the molecule is CN1CC[C@@H]2CN(C(=O)c3cn(C)cn3)C[C@@H]2C1=O. The van der Waals surface area contributed by atoms with Gasteiger partial charge >= 0.3 is 0 Å². The van der Waals surface area contributed by atoms with Crippen LogP contribution in [-0.4, -0.2) is 57.8 Å². The van der Waals surface area contributed by atoms with Crippen LogP contribution < -0.4 is 0 Å². The van der Waals surface area contributed by atoms with Gasteiger partial charge in [0.25, 0.3) is 5.91 Å². The minimum Gasteiger partial charge on any atom is -0.345 e. The minimum atomic E-state index is -0.0644. The lowest BCUT2D eigenvalue weighted by Crippen LogP contribution is -2.42. The Labute approximate surface area is 112 Å². The third-order valence-corrected chi connectivity index (χ3v) is 4.18. The van der Waals surface area contributed by atoms with Crippen LogP contribution in [0.3, 0.4) is 0 Å². The highest BCUT2D eigenvalue weighted by molar-refractivity contribution is 5.93. The Kier molecular flexibility index (Phi) is 2.80. The van der Waals surface area contributed by atoms with E-state index in [0.717, 1.165) is 13.0 Å². The molecule has 6 heteroatoms. The molecule has 2 saturated heterocycles. The molecular weight excluding hydrogens is 244 g/mol. The summed E-state index contributed by atoms with van der Waals surface area (Å²) in [7, 11) is 3.67. The Hall–Kier alpha value is -1.85. The van der Waals surface area contributed by atoms with Crippen molar-refractivity contribution in [1.82, 2.24) is 19.4 Å². The first kappa shape index (κ1) is 12.2.